The third-order valence-electron chi connectivity index (χ3n) is 3.66. The van der Waals surface area contributed by atoms with E-state index < -0.39 is 0 Å². The Morgan fingerprint density at radius 2 is 1.90 bits per heavy atom. The van der Waals surface area contributed by atoms with Gasteiger partial charge in [0.25, 0.3) is 5.91 Å². The molecule has 1 aromatic rings. The highest BCUT2D eigenvalue weighted by atomic mass is 16.1. The minimum absolute atomic E-state index is 0.00183. The average Bonchev–Trinajstić information content (AvgIpc) is 2.41. The summed E-state index contributed by atoms with van der Waals surface area (Å²) < 4.78 is 0. The summed E-state index contributed by atoms with van der Waals surface area (Å²) in [5.41, 5.74) is 2.75. The first-order valence-corrected chi connectivity index (χ1v) is 7.77. The fourth-order valence-electron chi connectivity index (χ4n) is 2.45. The molecule has 4 nitrogen and oxygen atoms in total. The second-order valence-electron chi connectivity index (χ2n) is 6.42. The van der Waals surface area contributed by atoms with E-state index in [0.29, 0.717) is 12.1 Å². The van der Waals surface area contributed by atoms with E-state index in [1.807, 2.05) is 13.0 Å². The van der Waals surface area contributed by atoms with Crippen molar-refractivity contribution < 1.29 is 4.79 Å². The molecule has 0 aromatic carbocycles. The molecule has 0 saturated carbocycles. The Labute approximate surface area is 129 Å². The van der Waals surface area contributed by atoms with Crippen molar-refractivity contribution in [3.05, 3.63) is 29.1 Å². The predicted octanol–water partition coefficient (Wildman–Crippen LogP) is 2.76. The van der Waals surface area contributed by atoms with Crippen molar-refractivity contribution in [3.8, 4) is 0 Å². The number of aromatic nitrogens is 1. The monoisotopic (exact) mass is 291 g/mol. The zero-order valence-corrected chi connectivity index (χ0v) is 14.3. The summed E-state index contributed by atoms with van der Waals surface area (Å²) >= 11 is 0. The quantitative estimate of drug-likeness (QED) is 0.876. The molecule has 0 aliphatic rings. The number of amides is 1. The summed E-state index contributed by atoms with van der Waals surface area (Å²) in [4.78, 5) is 18.9. The molecule has 1 N–H and O–H groups in total. The number of likely N-dealkylation sites (N-methyl/N-ethyl adjacent to an activating group) is 1. The molecule has 0 fully saturated rings. The third-order valence-corrected chi connectivity index (χ3v) is 3.66. The number of carbonyl (C=O) groups is 1. The van der Waals surface area contributed by atoms with Gasteiger partial charge in [0.1, 0.15) is 0 Å². The van der Waals surface area contributed by atoms with E-state index in [1.165, 1.54) is 0 Å². The summed E-state index contributed by atoms with van der Waals surface area (Å²) in [6, 6.07) is 1.93. The van der Waals surface area contributed by atoms with Crippen molar-refractivity contribution >= 4 is 5.91 Å². The Hall–Kier alpha value is -1.42. The molecule has 1 aromatic heterocycles. The standard InChI is InChI=1S/C17H29N3O/c1-7-20(8-2)10-9-18-16(21)14-11-13(3)15(19-12-14)17(4,5)6/h11-12H,7-10H2,1-6H3,(H,18,21). The van der Waals surface area contributed by atoms with E-state index in [1.54, 1.807) is 6.20 Å². The number of hydrogen-bond acceptors (Lipinski definition) is 3. The minimum Gasteiger partial charge on any atom is -0.351 e. The van der Waals surface area contributed by atoms with Crippen LogP contribution >= 0.6 is 0 Å². The number of aryl methyl sites for hydroxylation is 1. The molecule has 21 heavy (non-hydrogen) atoms. The Morgan fingerprint density at radius 1 is 1.29 bits per heavy atom. The Bertz CT molecular complexity index is 473. The fraction of sp³-hybridized carbons (Fsp3) is 0.647. The molecule has 0 spiro atoms. The van der Waals surface area contributed by atoms with Crippen LogP contribution in [0.1, 0.15) is 56.2 Å². The van der Waals surface area contributed by atoms with Crippen molar-refractivity contribution in [3.63, 3.8) is 0 Å². The van der Waals surface area contributed by atoms with Gasteiger partial charge in [0.05, 0.1) is 5.56 Å². The maximum absolute atomic E-state index is 12.1. The normalized spacial score (nSPS) is 11.8. The highest BCUT2D eigenvalue weighted by Crippen LogP contribution is 2.23. The van der Waals surface area contributed by atoms with Gasteiger partial charge in [-0.2, -0.15) is 0 Å². The largest absolute Gasteiger partial charge is 0.351 e. The molecule has 0 radical (unpaired) electrons. The maximum Gasteiger partial charge on any atom is 0.252 e. The van der Waals surface area contributed by atoms with Gasteiger partial charge in [-0.15, -0.1) is 0 Å². The van der Waals surface area contributed by atoms with Crippen LogP contribution < -0.4 is 5.32 Å². The molecule has 0 saturated heterocycles. The summed E-state index contributed by atoms with van der Waals surface area (Å²) in [6.07, 6.45) is 1.68. The fourth-order valence-corrected chi connectivity index (χ4v) is 2.45. The summed E-state index contributed by atoms with van der Waals surface area (Å²) in [7, 11) is 0. The van der Waals surface area contributed by atoms with E-state index in [4.69, 9.17) is 0 Å². The number of rotatable bonds is 6. The van der Waals surface area contributed by atoms with Gasteiger partial charge in [-0.3, -0.25) is 9.78 Å². The molecule has 0 atom stereocenters. The molecular weight excluding hydrogens is 262 g/mol. The van der Waals surface area contributed by atoms with Crippen LogP contribution in [0.4, 0.5) is 0 Å². The lowest BCUT2D eigenvalue weighted by atomic mass is 9.88. The minimum atomic E-state index is -0.0433. The molecular formula is C17H29N3O. The zero-order valence-electron chi connectivity index (χ0n) is 14.3. The van der Waals surface area contributed by atoms with Crippen LogP contribution in [0.15, 0.2) is 12.3 Å². The second kappa shape index (κ2) is 7.55. The highest BCUT2D eigenvalue weighted by Gasteiger charge is 2.19. The SMILES string of the molecule is CCN(CC)CCNC(=O)c1cnc(C(C)(C)C)c(C)c1. The van der Waals surface area contributed by atoms with Gasteiger partial charge in [-0.1, -0.05) is 34.6 Å². The molecule has 1 rings (SSSR count). The number of nitrogens with one attached hydrogen (secondary N) is 1. The average molecular weight is 291 g/mol. The van der Waals surface area contributed by atoms with E-state index in [-0.39, 0.29) is 11.3 Å². The number of hydrogen-bond donors (Lipinski definition) is 1. The summed E-state index contributed by atoms with van der Waals surface area (Å²) in [5, 5.41) is 2.96. The topological polar surface area (TPSA) is 45.2 Å². The molecule has 0 bridgehead atoms. The third kappa shape index (κ3) is 5.12. The van der Waals surface area contributed by atoms with Gasteiger partial charge in [0, 0.05) is 30.4 Å². The molecule has 118 valence electrons. The van der Waals surface area contributed by atoms with Crippen molar-refractivity contribution in [2.24, 2.45) is 0 Å². The lowest BCUT2D eigenvalue weighted by Gasteiger charge is -2.21. The first kappa shape index (κ1) is 17.6. The summed E-state index contributed by atoms with van der Waals surface area (Å²) in [6.45, 7) is 16.2. The molecule has 0 aliphatic carbocycles. The van der Waals surface area contributed by atoms with Crippen LogP contribution in [-0.2, 0) is 5.41 Å². The van der Waals surface area contributed by atoms with E-state index in [0.717, 1.165) is 30.9 Å². The van der Waals surface area contributed by atoms with E-state index in [9.17, 15) is 4.79 Å². The van der Waals surface area contributed by atoms with Crippen LogP contribution in [0.25, 0.3) is 0 Å². The van der Waals surface area contributed by atoms with Crippen LogP contribution in [-0.4, -0.2) is 42.0 Å². The highest BCUT2D eigenvalue weighted by molar-refractivity contribution is 5.94. The van der Waals surface area contributed by atoms with Crippen molar-refractivity contribution in [2.45, 2.75) is 47.0 Å². The predicted molar refractivity (Wildman–Crippen MR) is 87.8 cm³/mol. The van der Waals surface area contributed by atoms with Gasteiger partial charge in [0.2, 0.25) is 0 Å². The Morgan fingerprint density at radius 3 is 2.38 bits per heavy atom. The van der Waals surface area contributed by atoms with Crippen molar-refractivity contribution in [1.29, 1.82) is 0 Å². The van der Waals surface area contributed by atoms with E-state index >= 15 is 0 Å². The van der Waals surface area contributed by atoms with Gasteiger partial charge in [0.15, 0.2) is 0 Å². The van der Waals surface area contributed by atoms with Crippen molar-refractivity contribution in [1.82, 2.24) is 15.2 Å². The lowest BCUT2D eigenvalue weighted by Crippen LogP contribution is -2.35. The Kier molecular flexibility index (Phi) is 6.34. The van der Waals surface area contributed by atoms with Gasteiger partial charge >= 0.3 is 0 Å². The number of pyridine rings is 1. The van der Waals surface area contributed by atoms with Gasteiger partial charge in [-0.05, 0) is 31.6 Å². The smallest absolute Gasteiger partial charge is 0.252 e. The molecule has 1 amide bonds. The van der Waals surface area contributed by atoms with Crippen LogP contribution in [0.3, 0.4) is 0 Å². The van der Waals surface area contributed by atoms with Crippen LogP contribution in [0.2, 0.25) is 0 Å². The molecule has 0 aliphatic heterocycles. The van der Waals surface area contributed by atoms with Crippen LogP contribution in [0, 0.1) is 6.92 Å². The van der Waals surface area contributed by atoms with E-state index in [2.05, 4.69) is 49.8 Å². The van der Waals surface area contributed by atoms with Crippen molar-refractivity contribution in [2.75, 3.05) is 26.2 Å². The molecule has 0 unspecified atom stereocenters. The van der Waals surface area contributed by atoms with Crippen LogP contribution in [0.5, 0.6) is 0 Å². The Balaban J connectivity index is 2.65. The first-order valence-electron chi connectivity index (χ1n) is 7.77. The van der Waals surface area contributed by atoms with Gasteiger partial charge in [-0.25, -0.2) is 0 Å². The molecule has 1 heterocycles. The lowest BCUT2D eigenvalue weighted by molar-refractivity contribution is 0.0948. The zero-order chi connectivity index (χ0) is 16.0. The maximum atomic E-state index is 12.1. The van der Waals surface area contributed by atoms with Gasteiger partial charge < -0.3 is 10.2 Å². The number of carbonyl (C=O) groups excluding carboxylic acids is 1. The molecule has 4 heteroatoms. The second-order valence-corrected chi connectivity index (χ2v) is 6.42. The summed E-state index contributed by atoms with van der Waals surface area (Å²) in [5.74, 6) is -0.0433. The number of nitrogens with zero attached hydrogens (tertiary/aromatic N) is 2. The first-order chi connectivity index (χ1) is 9.79.